The van der Waals surface area contributed by atoms with Crippen LogP contribution in [0, 0.1) is 0 Å². The largest absolute Gasteiger partial charge is 0.457 e. The average molecular weight is 322 g/mol. The summed E-state index contributed by atoms with van der Waals surface area (Å²) in [5.74, 6) is 1.43. The highest BCUT2D eigenvalue weighted by Crippen LogP contribution is 2.29. The molecule has 0 amide bonds. The van der Waals surface area contributed by atoms with Gasteiger partial charge in [0.25, 0.3) is 0 Å². The molecular formula is C15H16BrNO2. The summed E-state index contributed by atoms with van der Waals surface area (Å²) in [6.45, 7) is 1.94. The van der Waals surface area contributed by atoms with Gasteiger partial charge >= 0.3 is 0 Å². The van der Waals surface area contributed by atoms with E-state index in [9.17, 15) is 0 Å². The molecule has 0 unspecified atom stereocenters. The smallest absolute Gasteiger partial charge is 0.128 e. The average Bonchev–Trinajstić information content (AvgIpc) is 2.38. The maximum Gasteiger partial charge on any atom is 0.128 e. The van der Waals surface area contributed by atoms with Gasteiger partial charge in [-0.2, -0.15) is 0 Å². The second-order valence-corrected chi connectivity index (χ2v) is 5.23. The lowest BCUT2D eigenvalue weighted by Crippen LogP contribution is -2.05. The highest BCUT2D eigenvalue weighted by Gasteiger charge is 2.07. The van der Waals surface area contributed by atoms with Crippen molar-refractivity contribution in [3.8, 4) is 11.5 Å². The number of aliphatic hydroxyl groups is 1. The Labute approximate surface area is 121 Å². The van der Waals surface area contributed by atoms with E-state index in [0.717, 1.165) is 21.3 Å². The summed E-state index contributed by atoms with van der Waals surface area (Å²) < 4.78 is 6.68. The fraction of sp³-hybridized carbons (Fsp3) is 0.200. The summed E-state index contributed by atoms with van der Waals surface area (Å²) in [5.41, 5.74) is 7.72. The molecule has 0 spiro atoms. The van der Waals surface area contributed by atoms with E-state index in [1.807, 2.05) is 49.4 Å². The highest BCUT2D eigenvalue weighted by molar-refractivity contribution is 9.10. The Bertz CT molecular complexity index is 570. The SMILES string of the molecule is C[C@@H](N)c1ccc(Oc2cccc(CO)c2)cc1Br. The van der Waals surface area contributed by atoms with E-state index in [0.29, 0.717) is 5.75 Å². The number of nitrogens with two attached hydrogens (primary N) is 1. The number of hydrogen-bond acceptors (Lipinski definition) is 3. The predicted molar refractivity (Wildman–Crippen MR) is 79.2 cm³/mol. The molecule has 0 aromatic heterocycles. The second kappa shape index (κ2) is 6.19. The molecule has 3 nitrogen and oxygen atoms in total. The number of ether oxygens (including phenoxy) is 1. The Morgan fingerprint density at radius 1 is 1.21 bits per heavy atom. The Hall–Kier alpha value is -1.36. The minimum Gasteiger partial charge on any atom is -0.457 e. The summed E-state index contributed by atoms with van der Waals surface area (Å²) >= 11 is 3.49. The van der Waals surface area contributed by atoms with Crippen LogP contribution in [0.3, 0.4) is 0 Å². The number of hydrogen-bond donors (Lipinski definition) is 2. The highest BCUT2D eigenvalue weighted by atomic mass is 79.9. The third-order valence-electron chi connectivity index (χ3n) is 2.78. The van der Waals surface area contributed by atoms with Gasteiger partial charge in [-0.15, -0.1) is 0 Å². The van der Waals surface area contributed by atoms with E-state index in [4.69, 9.17) is 15.6 Å². The lowest BCUT2D eigenvalue weighted by Gasteiger charge is -2.11. The van der Waals surface area contributed by atoms with Crippen molar-refractivity contribution >= 4 is 15.9 Å². The molecule has 2 rings (SSSR count). The van der Waals surface area contributed by atoms with Crippen LogP contribution >= 0.6 is 15.9 Å². The topological polar surface area (TPSA) is 55.5 Å². The van der Waals surface area contributed by atoms with Crippen molar-refractivity contribution < 1.29 is 9.84 Å². The zero-order valence-electron chi connectivity index (χ0n) is 10.6. The maximum absolute atomic E-state index is 9.09. The third-order valence-corrected chi connectivity index (χ3v) is 3.47. The van der Waals surface area contributed by atoms with E-state index in [2.05, 4.69) is 15.9 Å². The normalized spacial score (nSPS) is 12.2. The van der Waals surface area contributed by atoms with Crippen LogP contribution < -0.4 is 10.5 Å². The molecule has 19 heavy (non-hydrogen) atoms. The number of halogens is 1. The minimum atomic E-state index is -0.0267. The van der Waals surface area contributed by atoms with Crippen LogP contribution in [-0.4, -0.2) is 5.11 Å². The Morgan fingerprint density at radius 3 is 2.58 bits per heavy atom. The molecule has 0 aliphatic heterocycles. The molecule has 0 saturated carbocycles. The zero-order chi connectivity index (χ0) is 13.8. The van der Waals surface area contributed by atoms with Crippen molar-refractivity contribution in [1.82, 2.24) is 0 Å². The molecule has 0 saturated heterocycles. The predicted octanol–water partition coefficient (Wildman–Crippen LogP) is 3.75. The molecule has 0 bridgehead atoms. The Balaban J connectivity index is 2.21. The van der Waals surface area contributed by atoms with Crippen LogP contribution in [0.15, 0.2) is 46.9 Å². The molecule has 0 aliphatic carbocycles. The Morgan fingerprint density at radius 2 is 1.95 bits per heavy atom. The first-order chi connectivity index (χ1) is 9.10. The van der Waals surface area contributed by atoms with Crippen LogP contribution in [0.25, 0.3) is 0 Å². The van der Waals surface area contributed by atoms with Gasteiger partial charge in [-0.05, 0) is 42.3 Å². The van der Waals surface area contributed by atoms with E-state index >= 15 is 0 Å². The van der Waals surface area contributed by atoms with Gasteiger partial charge in [0.2, 0.25) is 0 Å². The molecule has 0 heterocycles. The van der Waals surface area contributed by atoms with Gasteiger partial charge in [0.1, 0.15) is 11.5 Å². The Kier molecular flexibility index (Phi) is 4.58. The van der Waals surface area contributed by atoms with Gasteiger partial charge in [-0.3, -0.25) is 0 Å². The molecule has 2 aromatic rings. The molecule has 2 aromatic carbocycles. The zero-order valence-corrected chi connectivity index (χ0v) is 12.2. The minimum absolute atomic E-state index is 0.00448. The van der Waals surface area contributed by atoms with Crippen molar-refractivity contribution in [2.45, 2.75) is 19.6 Å². The summed E-state index contributed by atoms with van der Waals surface area (Å²) in [5, 5.41) is 9.09. The lowest BCUT2D eigenvalue weighted by atomic mass is 10.1. The maximum atomic E-state index is 9.09. The number of aliphatic hydroxyl groups excluding tert-OH is 1. The van der Waals surface area contributed by atoms with Crippen LogP contribution in [-0.2, 0) is 6.61 Å². The van der Waals surface area contributed by atoms with Crippen LogP contribution in [0.4, 0.5) is 0 Å². The fourth-order valence-electron chi connectivity index (χ4n) is 1.78. The van der Waals surface area contributed by atoms with Crippen LogP contribution in [0.5, 0.6) is 11.5 Å². The van der Waals surface area contributed by atoms with Gasteiger partial charge < -0.3 is 15.6 Å². The summed E-state index contributed by atoms with van der Waals surface area (Å²) in [7, 11) is 0. The van der Waals surface area contributed by atoms with Crippen molar-refractivity contribution in [2.24, 2.45) is 5.73 Å². The van der Waals surface area contributed by atoms with Crippen LogP contribution in [0.1, 0.15) is 24.1 Å². The molecule has 3 N–H and O–H groups in total. The molecule has 4 heteroatoms. The summed E-state index contributed by atoms with van der Waals surface area (Å²) in [6.07, 6.45) is 0. The lowest BCUT2D eigenvalue weighted by molar-refractivity contribution is 0.281. The first-order valence-electron chi connectivity index (χ1n) is 6.03. The van der Waals surface area contributed by atoms with E-state index < -0.39 is 0 Å². The summed E-state index contributed by atoms with van der Waals surface area (Å²) in [6, 6.07) is 13.1. The van der Waals surface area contributed by atoms with Crippen molar-refractivity contribution in [2.75, 3.05) is 0 Å². The fourth-order valence-corrected chi connectivity index (χ4v) is 2.50. The number of benzene rings is 2. The quantitative estimate of drug-likeness (QED) is 0.901. The first kappa shape index (κ1) is 14.1. The monoisotopic (exact) mass is 321 g/mol. The molecule has 1 atom stereocenters. The van der Waals surface area contributed by atoms with Gasteiger partial charge in [0.05, 0.1) is 6.61 Å². The van der Waals surface area contributed by atoms with Crippen LogP contribution in [0.2, 0.25) is 0 Å². The molecule has 100 valence electrons. The van der Waals surface area contributed by atoms with E-state index in [1.54, 1.807) is 0 Å². The second-order valence-electron chi connectivity index (χ2n) is 4.38. The standard InChI is InChI=1S/C15H16BrNO2/c1-10(17)14-6-5-13(8-15(14)16)19-12-4-2-3-11(7-12)9-18/h2-8,10,18H,9,17H2,1H3/t10-/m1/s1. The molecule has 0 aliphatic rings. The molecule has 0 radical (unpaired) electrons. The molecule has 0 fully saturated rings. The number of rotatable bonds is 4. The van der Waals surface area contributed by atoms with Crippen molar-refractivity contribution in [3.63, 3.8) is 0 Å². The van der Waals surface area contributed by atoms with Gasteiger partial charge in [0, 0.05) is 10.5 Å². The molecular weight excluding hydrogens is 306 g/mol. The van der Waals surface area contributed by atoms with Crippen molar-refractivity contribution in [3.05, 3.63) is 58.1 Å². The van der Waals surface area contributed by atoms with Gasteiger partial charge in [-0.25, -0.2) is 0 Å². The van der Waals surface area contributed by atoms with E-state index in [-0.39, 0.29) is 12.6 Å². The first-order valence-corrected chi connectivity index (χ1v) is 6.82. The third kappa shape index (κ3) is 3.56. The van der Waals surface area contributed by atoms with E-state index in [1.165, 1.54) is 0 Å². The van der Waals surface area contributed by atoms with Gasteiger partial charge in [0.15, 0.2) is 0 Å². The van der Waals surface area contributed by atoms with Gasteiger partial charge in [-0.1, -0.05) is 34.1 Å². The summed E-state index contributed by atoms with van der Waals surface area (Å²) in [4.78, 5) is 0. The van der Waals surface area contributed by atoms with Crippen molar-refractivity contribution in [1.29, 1.82) is 0 Å².